The summed E-state index contributed by atoms with van der Waals surface area (Å²) in [6.07, 6.45) is 1.77. The van der Waals surface area contributed by atoms with E-state index in [9.17, 15) is 4.79 Å². The zero-order chi connectivity index (χ0) is 13.1. The number of carbonyl (C=O) groups is 1. The lowest BCUT2D eigenvalue weighted by Crippen LogP contribution is -1.96. The molecule has 0 atom stereocenters. The lowest BCUT2D eigenvalue weighted by atomic mass is 9.97. The van der Waals surface area contributed by atoms with Gasteiger partial charge in [-0.05, 0) is 54.2 Å². The van der Waals surface area contributed by atoms with Gasteiger partial charge in [-0.15, -0.1) is 0 Å². The summed E-state index contributed by atoms with van der Waals surface area (Å²) in [6, 6.07) is 10.7. The van der Waals surface area contributed by atoms with E-state index >= 15 is 0 Å². The quantitative estimate of drug-likeness (QED) is 0.883. The van der Waals surface area contributed by atoms with Gasteiger partial charge in [-0.1, -0.05) is 30.3 Å². The Hall–Kier alpha value is -1.83. The molecule has 2 rings (SSSR count). The Balaban J connectivity index is 2.23. The van der Waals surface area contributed by atoms with Crippen LogP contribution >= 0.6 is 0 Å². The number of fused-ring (bicyclic) bond motifs is 1. The summed E-state index contributed by atoms with van der Waals surface area (Å²) in [5.74, 6) is -0.720. The van der Waals surface area contributed by atoms with Crippen LogP contribution < -0.4 is 0 Å². The summed E-state index contributed by atoms with van der Waals surface area (Å²) in [5, 5.41) is 11.2. The van der Waals surface area contributed by atoms with E-state index in [1.54, 1.807) is 0 Å². The van der Waals surface area contributed by atoms with Crippen molar-refractivity contribution in [1.82, 2.24) is 0 Å². The third-order valence-corrected chi connectivity index (χ3v) is 3.48. The van der Waals surface area contributed by atoms with Gasteiger partial charge in [0.25, 0.3) is 0 Å². The standard InChI is InChI=1S/C16H18O2/c1-11-6-8-14-10-13(4-3-5-16(17)18)7-9-15(14)12(11)2/h6-10H,3-5H2,1-2H3,(H,17,18). The number of rotatable bonds is 4. The summed E-state index contributed by atoms with van der Waals surface area (Å²) in [6.45, 7) is 4.26. The van der Waals surface area contributed by atoms with Gasteiger partial charge >= 0.3 is 5.97 Å². The minimum atomic E-state index is -0.720. The monoisotopic (exact) mass is 242 g/mol. The van der Waals surface area contributed by atoms with Gasteiger partial charge in [0.05, 0.1) is 0 Å². The highest BCUT2D eigenvalue weighted by molar-refractivity contribution is 5.87. The lowest BCUT2D eigenvalue weighted by molar-refractivity contribution is -0.137. The zero-order valence-corrected chi connectivity index (χ0v) is 10.9. The average molecular weight is 242 g/mol. The van der Waals surface area contributed by atoms with Crippen molar-refractivity contribution in [3.8, 4) is 0 Å². The molecule has 0 spiro atoms. The Morgan fingerprint density at radius 3 is 2.67 bits per heavy atom. The molecule has 0 saturated heterocycles. The molecule has 0 bridgehead atoms. The van der Waals surface area contributed by atoms with Crippen molar-refractivity contribution in [1.29, 1.82) is 0 Å². The molecule has 0 aromatic heterocycles. The van der Waals surface area contributed by atoms with Crippen molar-refractivity contribution in [3.63, 3.8) is 0 Å². The van der Waals surface area contributed by atoms with E-state index in [1.165, 1.54) is 27.5 Å². The van der Waals surface area contributed by atoms with Crippen LogP contribution in [0.4, 0.5) is 0 Å². The first-order valence-electron chi connectivity index (χ1n) is 6.28. The van der Waals surface area contributed by atoms with E-state index in [1.807, 2.05) is 0 Å². The Kier molecular flexibility index (Phi) is 3.66. The third-order valence-electron chi connectivity index (χ3n) is 3.48. The number of hydrogen-bond acceptors (Lipinski definition) is 1. The predicted molar refractivity (Wildman–Crippen MR) is 74.0 cm³/mol. The van der Waals surface area contributed by atoms with Gasteiger partial charge in [-0.2, -0.15) is 0 Å². The van der Waals surface area contributed by atoms with Crippen LogP contribution in [0.2, 0.25) is 0 Å². The molecule has 2 heteroatoms. The van der Waals surface area contributed by atoms with Crippen LogP contribution in [0.1, 0.15) is 29.5 Å². The first-order chi connectivity index (χ1) is 8.58. The molecule has 18 heavy (non-hydrogen) atoms. The van der Waals surface area contributed by atoms with Crippen LogP contribution in [-0.2, 0) is 11.2 Å². The molecular formula is C16H18O2. The van der Waals surface area contributed by atoms with Crippen LogP contribution in [0.25, 0.3) is 10.8 Å². The van der Waals surface area contributed by atoms with Crippen LogP contribution in [0.5, 0.6) is 0 Å². The minimum Gasteiger partial charge on any atom is -0.481 e. The molecule has 0 aliphatic heterocycles. The Morgan fingerprint density at radius 1 is 1.17 bits per heavy atom. The molecule has 0 heterocycles. The van der Waals surface area contributed by atoms with E-state index in [0.717, 1.165) is 6.42 Å². The molecular weight excluding hydrogens is 224 g/mol. The van der Waals surface area contributed by atoms with Gasteiger partial charge in [0.2, 0.25) is 0 Å². The van der Waals surface area contributed by atoms with Gasteiger partial charge < -0.3 is 5.11 Å². The fourth-order valence-corrected chi connectivity index (χ4v) is 2.24. The first kappa shape index (κ1) is 12.6. The molecule has 0 amide bonds. The molecule has 0 unspecified atom stereocenters. The van der Waals surface area contributed by atoms with E-state index in [4.69, 9.17) is 5.11 Å². The first-order valence-corrected chi connectivity index (χ1v) is 6.28. The number of aliphatic carboxylic acids is 1. The highest BCUT2D eigenvalue weighted by Crippen LogP contribution is 2.23. The SMILES string of the molecule is Cc1ccc2cc(CCCC(=O)O)ccc2c1C. The summed E-state index contributed by atoms with van der Waals surface area (Å²) in [4.78, 5) is 10.5. The number of aryl methyl sites for hydroxylation is 3. The molecule has 0 fully saturated rings. The van der Waals surface area contributed by atoms with E-state index < -0.39 is 5.97 Å². The molecule has 0 radical (unpaired) electrons. The van der Waals surface area contributed by atoms with Crippen molar-refractivity contribution < 1.29 is 9.90 Å². The largest absolute Gasteiger partial charge is 0.481 e. The van der Waals surface area contributed by atoms with Gasteiger partial charge in [0.15, 0.2) is 0 Å². The molecule has 1 N–H and O–H groups in total. The highest BCUT2D eigenvalue weighted by Gasteiger charge is 2.03. The second-order valence-corrected chi connectivity index (χ2v) is 4.81. The number of hydrogen-bond donors (Lipinski definition) is 1. The van der Waals surface area contributed by atoms with Gasteiger partial charge in [-0.25, -0.2) is 0 Å². The lowest BCUT2D eigenvalue weighted by Gasteiger charge is -2.08. The predicted octanol–water partition coefficient (Wildman–Crippen LogP) is 3.86. The molecule has 2 aromatic rings. The second kappa shape index (κ2) is 5.21. The highest BCUT2D eigenvalue weighted by atomic mass is 16.4. The molecule has 2 aromatic carbocycles. The summed E-state index contributed by atoms with van der Waals surface area (Å²) >= 11 is 0. The van der Waals surface area contributed by atoms with Gasteiger partial charge in [0.1, 0.15) is 0 Å². The van der Waals surface area contributed by atoms with Crippen molar-refractivity contribution in [2.75, 3.05) is 0 Å². The van der Waals surface area contributed by atoms with Crippen LogP contribution in [-0.4, -0.2) is 11.1 Å². The van der Waals surface area contributed by atoms with Crippen LogP contribution in [0.3, 0.4) is 0 Å². The van der Waals surface area contributed by atoms with Gasteiger partial charge in [-0.3, -0.25) is 4.79 Å². The minimum absolute atomic E-state index is 0.241. The maximum atomic E-state index is 10.5. The summed E-state index contributed by atoms with van der Waals surface area (Å²) in [5.41, 5.74) is 3.85. The number of benzene rings is 2. The van der Waals surface area contributed by atoms with E-state index in [-0.39, 0.29) is 6.42 Å². The second-order valence-electron chi connectivity index (χ2n) is 4.81. The molecule has 94 valence electrons. The fraction of sp³-hybridized carbons (Fsp3) is 0.312. The van der Waals surface area contributed by atoms with Crippen molar-refractivity contribution in [2.24, 2.45) is 0 Å². The van der Waals surface area contributed by atoms with Crippen molar-refractivity contribution >= 4 is 16.7 Å². The topological polar surface area (TPSA) is 37.3 Å². The Labute approximate surface area is 107 Å². The summed E-state index contributed by atoms with van der Waals surface area (Å²) < 4.78 is 0. The zero-order valence-electron chi connectivity index (χ0n) is 10.9. The normalized spacial score (nSPS) is 10.8. The molecule has 0 aliphatic rings. The van der Waals surface area contributed by atoms with E-state index in [0.29, 0.717) is 6.42 Å². The summed E-state index contributed by atoms with van der Waals surface area (Å²) in [7, 11) is 0. The Bertz CT molecular complexity index is 585. The Morgan fingerprint density at radius 2 is 1.94 bits per heavy atom. The van der Waals surface area contributed by atoms with Crippen LogP contribution in [0.15, 0.2) is 30.3 Å². The smallest absolute Gasteiger partial charge is 0.303 e. The van der Waals surface area contributed by atoms with E-state index in [2.05, 4.69) is 44.2 Å². The maximum Gasteiger partial charge on any atom is 0.303 e. The van der Waals surface area contributed by atoms with Crippen molar-refractivity contribution in [2.45, 2.75) is 33.1 Å². The maximum absolute atomic E-state index is 10.5. The van der Waals surface area contributed by atoms with Gasteiger partial charge in [0, 0.05) is 6.42 Å². The third kappa shape index (κ3) is 2.70. The average Bonchev–Trinajstić information content (AvgIpc) is 2.33. The number of carboxylic acids is 1. The number of carboxylic acid groups (broad SMARTS) is 1. The molecule has 2 nitrogen and oxygen atoms in total. The van der Waals surface area contributed by atoms with Crippen molar-refractivity contribution in [3.05, 3.63) is 47.0 Å². The van der Waals surface area contributed by atoms with Crippen LogP contribution in [0, 0.1) is 13.8 Å². The molecule has 0 saturated carbocycles. The molecule has 0 aliphatic carbocycles. The fourth-order valence-electron chi connectivity index (χ4n) is 2.24.